The Balaban J connectivity index is 1.77. The van der Waals surface area contributed by atoms with Crippen LogP contribution in [0.5, 0.6) is 5.75 Å². The lowest BCUT2D eigenvalue weighted by Crippen LogP contribution is -2.19. The number of nitrogens with one attached hydrogen (secondary N) is 1. The number of nitro groups is 1. The molecule has 8 nitrogen and oxygen atoms in total. The van der Waals surface area contributed by atoms with Crippen LogP contribution in [0.3, 0.4) is 0 Å². The molecule has 0 bridgehead atoms. The van der Waals surface area contributed by atoms with Gasteiger partial charge in [-0.3, -0.25) is 14.9 Å². The van der Waals surface area contributed by atoms with Crippen LogP contribution < -0.4 is 10.1 Å². The number of halogens is 4. The van der Waals surface area contributed by atoms with Crippen molar-refractivity contribution in [2.75, 3.05) is 5.32 Å². The highest BCUT2D eigenvalue weighted by Gasteiger charge is 2.32. The maximum absolute atomic E-state index is 12.3. The van der Waals surface area contributed by atoms with Crippen LogP contribution in [0, 0.1) is 10.1 Å². The van der Waals surface area contributed by atoms with Crippen molar-refractivity contribution < 1.29 is 27.6 Å². The Hall–Kier alpha value is -3.15. The van der Waals surface area contributed by atoms with E-state index in [4.69, 9.17) is 0 Å². The van der Waals surface area contributed by atoms with Crippen LogP contribution in [0.2, 0.25) is 0 Å². The minimum absolute atomic E-state index is 0.00802. The second-order valence-corrected chi connectivity index (χ2v) is 6.37. The summed E-state index contributed by atoms with van der Waals surface area (Å²) >= 11 is 2.94. The van der Waals surface area contributed by atoms with Gasteiger partial charge in [-0.2, -0.15) is 0 Å². The maximum Gasteiger partial charge on any atom is 0.573 e. The number of alkyl halides is 3. The van der Waals surface area contributed by atoms with Gasteiger partial charge in [0, 0.05) is 11.8 Å². The van der Waals surface area contributed by atoms with E-state index in [0.717, 1.165) is 6.07 Å². The van der Waals surface area contributed by atoms with Gasteiger partial charge in [-0.1, -0.05) is 6.07 Å². The van der Waals surface area contributed by atoms with E-state index in [0.29, 0.717) is 5.52 Å². The summed E-state index contributed by atoms with van der Waals surface area (Å²) in [5, 5.41) is 13.7. The third kappa shape index (κ3) is 4.39. The van der Waals surface area contributed by atoms with Crippen molar-refractivity contribution in [3.05, 3.63) is 57.3 Å². The number of nitrogens with zero attached hydrogens (tertiary/aromatic N) is 3. The lowest BCUT2D eigenvalue weighted by Gasteiger charge is -2.12. The fourth-order valence-corrected chi connectivity index (χ4v) is 2.98. The molecule has 0 aliphatic rings. The predicted molar refractivity (Wildman–Crippen MR) is 95.8 cm³/mol. The zero-order chi connectivity index (χ0) is 20.5. The number of imidazole rings is 1. The van der Waals surface area contributed by atoms with Gasteiger partial charge < -0.3 is 14.6 Å². The Labute approximate surface area is 163 Å². The van der Waals surface area contributed by atoms with Gasteiger partial charge in [-0.05, 0) is 40.2 Å². The fraction of sp³-hybridized carbons (Fsp3) is 0.125. The first-order chi connectivity index (χ1) is 13.1. The van der Waals surface area contributed by atoms with Crippen molar-refractivity contribution in [1.82, 2.24) is 9.55 Å². The van der Waals surface area contributed by atoms with Crippen molar-refractivity contribution in [2.24, 2.45) is 0 Å². The lowest BCUT2D eigenvalue weighted by atomic mass is 10.2. The molecule has 1 N–H and O–H groups in total. The summed E-state index contributed by atoms with van der Waals surface area (Å²) in [6.07, 6.45) is -3.54. The zero-order valence-corrected chi connectivity index (χ0v) is 15.3. The molecule has 0 spiro atoms. The first-order valence-electron chi connectivity index (χ1n) is 7.57. The van der Waals surface area contributed by atoms with Crippen LogP contribution in [0.4, 0.5) is 24.5 Å². The van der Waals surface area contributed by atoms with Crippen molar-refractivity contribution in [2.45, 2.75) is 12.9 Å². The highest BCUT2D eigenvalue weighted by molar-refractivity contribution is 9.10. The summed E-state index contributed by atoms with van der Waals surface area (Å²) in [4.78, 5) is 26.9. The number of fused-ring (bicyclic) bond motifs is 1. The Bertz CT molecular complexity index is 1070. The molecule has 0 atom stereocenters. The monoisotopic (exact) mass is 458 g/mol. The molecular formula is C16H10BrF3N4O4. The molecule has 1 aromatic heterocycles. The molecule has 0 unspecified atom stereocenters. The summed E-state index contributed by atoms with van der Waals surface area (Å²) in [5.41, 5.74) is 0.570. The molecule has 3 rings (SSSR count). The van der Waals surface area contributed by atoms with E-state index in [1.54, 1.807) is 6.07 Å². The van der Waals surface area contributed by atoms with Crippen molar-refractivity contribution >= 4 is 44.2 Å². The normalized spacial score (nSPS) is 11.4. The SMILES string of the molecule is O=C(Cn1cnc2cccc([N+](=O)[O-])c21)Nc1ccc(OC(F)(F)F)c(Br)c1. The number of ether oxygens (including phenoxy) is 1. The number of amides is 1. The van der Waals surface area contributed by atoms with E-state index in [2.05, 4.69) is 31.0 Å². The van der Waals surface area contributed by atoms with Crippen LogP contribution >= 0.6 is 15.9 Å². The number of para-hydroxylation sites is 1. The number of aromatic nitrogens is 2. The largest absolute Gasteiger partial charge is 0.573 e. The summed E-state index contributed by atoms with van der Waals surface area (Å²) in [6, 6.07) is 7.89. The van der Waals surface area contributed by atoms with Gasteiger partial charge in [0.1, 0.15) is 17.8 Å². The van der Waals surface area contributed by atoms with Crippen LogP contribution in [-0.4, -0.2) is 26.7 Å². The third-order valence-electron chi connectivity index (χ3n) is 3.57. The predicted octanol–water partition coefficient (Wildman–Crippen LogP) is 4.24. The quantitative estimate of drug-likeness (QED) is 0.455. The summed E-state index contributed by atoms with van der Waals surface area (Å²) < 4.78 is 42.0. The van der Waals surface area contributed by atoms with Gasteiger partial charge in [0.25, 0.3) is 5.69 Å². The molecule has 2 aromatic carbocycles. The average Bonchev–Trinajstić information content (AvgIpc) is 2.99. The first kappa shape index (κ1) is 19.6. The molecule has 1 amide bonds. The Morgan fingerprint density at radius 3 is 2.71 bits per heavy atom. The molecule has 3 aromatic rings. The van der Waals surface area contributed by atoms with Gasteiger partial charge >= 0.3 is 6.36 Å². The smallest absolute Gasteiger partial charge is 0.405 e. The number of rotatable bonds is 5. The molecule has 0 saturated carbocycles. The zero-order valence-electron chi connectivity index (χ0n) is 13.7. The van der Waals surface area contributed by atoms with Crippen molar-refractivity contribution in [3.63, 3.8) is 0 Å². The van der Waals surface area contributed by atoms with Gasteiger partial charge in [0.05, 0.1) is 21.2 Å². The standard InChI is InChI=1S/C16H10BrF3N4O4/c17-10-6-9(4-5-13(10)28-16(18,19)20)22-14(25)7-23-8-21-11-2-1-3-12(15(11)23)24(26)27/h1-6,8H,7H2,(H,22,25). The topological polar surface area (TPSA) is 99.3 Å². The summed E-state index contributed by atoms with van der Waals surface area (Å²) in [6.45, 7) is -0.278. The van der Waals surface area contributed by atoms with Crippen LogP contribution in [-0.2, 0) is 11.3 Å². The minimum Gasteiger partial charge on any atom is -0.405 e. The van der Waals surface area contributed by atoms with Crippen LogP contribution in [0.25, 0.3) is 11.0 Å². The highest BCUT2D eigenvalue weighted by atomic mass is 79.9. The van der Waals surface area contributed by atoms with Gasteiger partial charge in [0.15, 0.2) is 0 Å². The number of nitro benzene ring substituents is 1. The lowest BCUT2D eigenvalue weighted by molar-refractivity contribution is -0.383. The van der Waals surface area contributed by atoms with Crippen molar-refractivity contribution in [1.29, 1.82) is 0 Å². The number of carbonyl (C=O) groups excluding carboxylic acids is 1. The number of anilines is 1. The molecule has 0 radical (unpaired) electrons. The second kappa shape index (κ2) is 7.46. The Morgan fingerprint density at radius 1 is 1.32 bits per heavy atom. The molecule has 12 heteroatoms. The van der Waals surface area contributed by atoms with E-state index in [9.17, 15) is 28.1 Å². The first-order valence-corrected chi connectivity index (χ1v) is 8.37. The fourth-order valence-electron chi connectivity index (χ4n) is 2.52. The molecule has 1 heterocycles. The second-order valence-electron chi connectivity index (χ2n) is 5.52. The molecule has 0 fully saturated rings. The van der Waals surface area contributed by atoms with Gasteiger partial charge in [-0.15, -0.1) is 13.2 Å². The van der Waals surface area contributed by atoms with Crippen molar-refractivity contribution in [3.8, 4) is 5.75 Å². The number of hydrogen-bond donors (Lipinski definition) is 1. The van der Waals surface area contributed by atoms with E-state index in [-0.39, 0.29) is 27.9 Å². The molecule has 0 aliphatic carbocycles. The van der Waals surface area contributed by atoms with Gasteiger partial charge in [-0.25, -0.2) is 4.98 Å². The minimum atomic E-state index is -4.84. The number of non-ortho nitro benzene ring substituents is 1. The van der Waals surface area contributed by atoms with E-state index in [1.165, 1.54) is 35.2 Å². The Morgan fingerprint density at radius 2 is 2.07 bits per heavy atom. The number of carbonyl (C=O) groups is 1. The number of hydrogen-bond acceptors (Lipinski definition) is 5. The van der Waals surface area contributed by atoms with E-state index < -0.39 is 22.9 Å². The van der Waals surface area contributed by atoms with E-state index >= 15 is 0 Å². The Kier molecular flexibility index (Phi) is 5.23. The van der Waals surface area contributed by atoms with E-state index in [1.807, 2.05) is 0 Å². The molecular weight excluding hydrogens is 449 g/mol. The number of benzene rings is 2. The van der Waals surface area contributed by atoms with Crippen LogP contribution in [0.1, 0.15) is 0 Å². The van der Waals surface area contributed by atoms with Gasteiger partial charge in [0.2, 0.25) is 5.91 Å². The summed E-state index contributed by atoms with van der Waals surface area (Å²) in [5.74, 6) is -1.00. The molecule has 28 heavy (non-hydrogen) atoms. The van der Waals surface area contributed by atoms with Crippen LogP contribution in [0.15, 0.2) is 47.2 Å². The molecule has 146 valence electrons. The average molecular weight is 459 g/mol. The molecule has 0 aliphatic heterocycles. The summed E-state index contributed by atoms with van der Waals surface area (Å²) in [7, 11) is 0. The highest BCUT2D eigenvalue weighted by Crippen LogP contribution is 2.32. The molecule has 0 saturated heterocycles. The maximum atomic E-state index is 12.3. The third-order valence-corrected chi connectivity index (χ3v) is 4.19.